The zero-order valence-corrected chi connectivity index (χ0v) is 15.2. The quantitative estimate of drug-likeness (QED) is 0.571. The molecule has 0 unspecified atom stereocenters. The maximum absolute atomic E-state index is 12.4. The average molecular weight is 377 g/mol. The molecule has 0 saturated heterocycles. The first-order valence-corrected chi connectivity index (χ1v) is 8.97. The lowest BCUT2D eigenvalue weighted by Crippen LogP contribution is -2.22. The maximum atomic E-state index is 12.4. The molecule has 0 bridgehead atoms. The van der Waals surface area contributed by atoms with Crippen molar-refractivity contribution in [3.63, 3.8) is 0 Å². The van der Waals surface area contributed by atoms with Gasteiger partial charge in [0.2, 0.25) is 0 Å². The van der Waals surface area contributed by atoms with Crippen molar-refractivity contribution >= 4 is 28.5 Å². The number of aromatic nitrogens is 3. The van der Waals surface area contributed by atoms with Crippen molar-refractivity contribution in [2.45, 2.75) is 13.1 Å². The Bertz CT molecular complexity index is 1090. The molecule has 0 aliphatic rings. The van der Waals surface area contributed by atoms with E-state index in [-0.39, 0.29) is 5.91 Å². The number of carbonyl (C=O) groups excluding carboxylic acids is 1. The van der Waals surface area contributed by atoms with Gasteiger partial charge >= 0.3 is 0 Å². The third-order valence-electron chi connectivity index (χ3n) is 4.37. The number of para-hydroxylation sites is 1. The second-order valence-electron chi connectivity index (χ2n) is 6.21. The van der Waals surface area contributed by atoms with Crippen LogP contribution in [0.25, 0.3) is 11.0 Å². The topological polar surface area (TPSA) is 59.8 Å². The van der Waals surface area contributed by atoms with Crippen molar-refractivity contribution in [2.24, 2.45) is 0 Å². The van der Waals surface area contributed by atoms with Gasteiger partial charge in [-0.2, -0.15) is 0 Å². The predicted molar refractivity (Wildman–Crippen MR) is 106 cm³/mol. The molecule has 5 nitrogen and oxygen atoms in total. The lowest BCUT2D eigenvalue weighted by Gasteiger charge is -2.08. The average Bonchev–Trinajstić information content (AvgIpc) is 3.11. The van der Waals surface area contributed by atoms with Crippen LogP contribution in [-0.2, 0) is 13.1 Å². The van der Waals surface area contributed by atoms with Crippen LogP contribution in [0.15, 0.2) is 72.8 Å². The van der Waals surface area contributed by atoms with Crippen LogP contribution in [0.3, 0.4) is 0 Å². The van der Waals surface area contributed by atoms with Gasteiger partial charge in [0, 0.05) is 17.1 Å². The Morgan fingerprint density at radius 2 is 1.70 bits per heavy atom. The Hall–Kier alpha value is -3.18. The zero-order chi connectivity index (χ0) is 18.6. The molecule has 1 N–H and O–H groups in total. The van der Waals surface area contributed by atoms with E-state index in [1.807, 2.05) is 77.5 Å². The largest absolute Gasteiger partial charge is 0.348 e. The van der Waals surface area contributed by atoms with Gasteiger partial charge in [-0.25, -0.2) is 4.68 Å². The van der Waals surface area contributed by atoms with Gasteiger partial charge in [-0.3, -0.25) is 4.79 Å². The summed E-state index contributed by atoms with van der Waals surface area (Å²) >= 11 is 6.12. The number of amides is 1. The van der Waals surface area contributed by atoms with E-state index >= 15 is 0 Å². The summed E-state index contributed by atoms with van der Waals surface area (Å²) in [4.78, 5) is 12.4. The van der Waals surface area contributed by atoms with Crippen LogP contribution in [0.4, 0.5) is 0 Å². The molecule has 0 saturated carbocycles. The van der Waals surface area contributed by atoms with Crippen molar-refractivity contribution in [1.29, 1.82) is 0 Å². The minimum absolute atomic E-state index is 0.132. The van der Waals surface area contributed by atoms with Crippen LogP contribution in [0.2, 0.25) is 5.02 Å². The molecule has 1 aromatic heterocycles. The van der Waals surface area contributed by atoms with E-state index in [1.165, 1.54) is 0 Å². The summed E-state index contributed by atoms with van der Waals surface area (Å²) in [6.07, 6.45) is 0. The van der Waals surface area contributed by atoms with Gasteiger partial charge in [-0.1, -0.05) is 59.3 Å². The van der Waals surface area contributed by atoms with E-state index < -0.39 is 0 Å². The minimum Gasteiger partial charge on any atom is -0.348 e. The number of nitrogens with zero attached hydrogens (tertiary/aromatic N) is 3. The van der Waals surface area contributed by atoms with E-state index in [1.54, 1.807) is 0 Å². The fourth-order valence-corrected chi connectivity index (χ4v) is 3.09. The van der Waals surface area contributed by atoms with Gasteiger partial charge in [-0.15, -0.1) is 5.10 Å². The highest BCUT2D eigenvalue weighted by Gasteiger charge is 2.08. The van der Waals surface area contributed by atoms with E-state index in [9.17, 15) is 4.79 Å². The fraction of sp³-hybridized carbons (Fsp3) is 0.0952. The molecule has 0 spiro atoms. The molecule has 0 fully saturated rings. The molecule has 6 heteroatoms. The molecule has 4 rings (SSSR count). The van der Waals surface area contributed by atoms with E-state index in [0.29, 0.717) is 23.7 Å². The fourth-order valence-electron chi connectivity index (χ4n) is 2.89. The molecule has 0 aliphatic heterocycles. The summed E-state index contributed by atoms with van der Waals surface area (Å²) in [6, 6.07) is 22.8. The number of fused-ring (bicyclic) bond motifs is 1. The first-order valence-electron chi connectivity index (χ1n) is 8.59. The minimum atomic E-state index is -0.132. The van der Waals surface area contributed by atoms with Gasteiger partial charge in [0.1, 0.15) is 5.52 Å². The van der Waals surface area contributed by atoms with Gasteiger partial charge in [0.15, 0.2) is 0 Å². The molecule has 3 aromatic carbocycles. The maximum Gasteiger partial charge on any atom is 0.251 e. The summed E-state index contributed by atoms with van der Waals surface area (Å²) in [5.74, 6) is -0.132. The van der Waals surface area contributed by atoms with E-state index in [0.717, 1.165) is 22.2 Å². The number of rotatable bonds is 5. The third kappa shape index (κ3) is 3.83. The van der Waals surface area contributed by atoms with Crippen molar-refractivity contribution < 1.29 is 4.79 Å². The lowest BCUT2D eigenvalue weighted by molar-refractivity contribution is 0.0951. The Morgan fingerprint density at radius 1 is 0.963 bits per heavy atom. The van der Waals surface area contributed by atoms with Crippen LogP contribution in [-0.4, -0.2) is 20.9 Å². The van der Waals surface area contributed by atoms with Gasteiger partial charge < -0.3 is 5.32 Å². The van der Waals surface area contributed by atoms with Crippen molar-refractivity contribution in [1.82, 2.24) is 20.3 Å². The highest BCUT2D eigenvalue weighted by molar-refractivity contribution is 6.31. The zero-order valence-electron chi connectivity index (χ0n) is 14.5. The molecule has 4 aromatic rings. The molecule has 134 valence electrons. The van der Waals surface area contributed by atoms with Gasteiger partial charge in [-0.05, 0) is 41.5 Å². The Morgan fingerprint density at radius 3 is 2.52 bits per heavy atom. The van der Waals surface area contributed by atoms with Crippen LogP contribution < -0.4 is 5.32 Å². The van der Waals surface area contributed by atoms with E-state index in [4.69, 9.17) is 11.6 Å². The van der Waals surface area contributed by atoms with Crippen LogP contribution in [0, 0.1) is 0 Å². The molecule has 1 amide bonds. The molecule has 0 aliphatic carbocycles. The van der Waals surface area contributed by atoms with E-state index in [2.05, 4.69) is 15.6 Å². The van der Waals surface area contributed by atoms with Crippen molar-refractivity contribution in [3.05, 3.63) is 94.5 Å². The number of nitrogens with one attached hydrogen (secondary N) is 1. The number of carbonyl (C=O) groups is 1. The Kier molecular flexibility index (Phi) is 4.85. The molecule has 1 heterocycles. The van der Waals surface area contributed by atoms with Crippen LogP contribution >= 0.6 is 11.6 Å². The summed E-state index contributed by atoms with van der Waals surface area (Å²) in [7, 11) is 0. The lowest BCUT2D eigenvalue weighted by atomic mass is 10.1. The monoisotopic (exact) mass is 376 g/mol. The Labute approximate surface area is 161 Å². The second-order valence-corrected chi connectivity index (χ2v) is 6.61. The highest BCUT2D eigenvalue weighted by atomic mass is 35.5. The summed E-state index contributed by atoms with van der Waals surface area (Å²) < 4.78 is 1.85. The SMILES string of the molecule is O=C(NCc1ccccc1Cl)c1ccc(Cn2nnc3ccccc32)cc1. The Balaban J connectivity index is 1.42. The predicted octanol–water partition coefficient (Wildman–Crippen LogP) is 4.06. The number of benzene rings is 3. The van der Waals surface area contributed by atoms with Gasteiger partial charge in [0.25, 0.3) is 5.91 Å². The van der Waals surface area contributed by atoms with Crippen molar-refractivity contribution in [2.75, 3.05) is 0 Å². The third-order valence-corrected chi connectivity index (χ3v) is 4.73. The van der Waals surface area contributed by atoms with Crippen molar-refractivity contribution in [3.8, 4) is 0 Å². The normalized spacial score (nSPS) is 10.9. The molecule has 0 radical (unpaired) electrons. The molecular weight excluding hydrogens is 360 g/mol. The summed E-state index contributed by atoms with van der Waals surface area (Å²) in [5.41, 5.74) is 4.40. The second kappa shape index (κ2) is 7.60. The van der Waals surface area contributed by atoms with Crippen LogP contribution in [0.1, 0.15) is 21.5 Å². The van der Waals surface area contributed by atoms with Gasteiger partial charge in [0.05, 0.1) is 12.1 Å². The standard InChI is InChI=1S/C21H17ClN4O/c22-18-6-2-1-5-17(18)13-23-21(27)16-11-9-15(10-12-16)14-26-20-8-4-3-7-19(20)24-25-26/h1-12H,13-14H2,(H,23,27). The number of hydrogen-bond donors (Lipinski definition) is 1. The smallest absolute Gasteiger partial charge is 0.251 e. The van der Waals surface area contributed by atoms with Crippen LogP contribution in [0.5, 0.6) is 0 Å². The summed E-state index contributed by atoms with van der Waals surface area (Å²) in [6.45, 7) is 0.993. The molecule has 0 atom stereocenters. The molecular formula is C21H17ClN4O. The number of halogens is 1. The molecule has 27 heavy (non-hydrogen) atoms. The summed E-state index contributed by atoms with van der Waals surface area (Å²) in [5, 5.41) is 11.9. The highest BCUT2D eigenvalue weighted by Crippen LogP contribution is 2.15. The first-order chi connectivity index (χ1) is 13.2. The first kappa shape index (κ1) is 17.2. The number of hydrogen-bond acceptors (Lipinski definition) is 3.